The molecule has 0 fully saturated rings. The quantitative estimate of drug-likeness (QED) is 0.366. The van der Waals surface area contributed by atoms with Crippen LogP contribution in [0.1, 0.15) is 22.8 Å². The maximum Gasteiger partial charge on any atom is 0.338 e. The first-order valence-corrected chi connectivity index (χ1v) is 11.3. The molecule has 0 radical (unpaired) electrons. The summed E-state index contributed by atoms with van der Waals surface area (Å²) in [6.07, 6.45) is 3.75. The van der Waals surface area contributed by atoms with Gasteiger partial charge in [-0.1, -0.05) is 30.3 Å². The number of esters is 1. The van der Waals surface area contributed by atoms with Crippen LogP contribution in [-0.2, 0) is 16.1 Å². The van der Waals surface area contributed by atoms with Gasteiger partial charge in [0.1, 0.15) is 5.82 Å². The SMILES string of the molecule is CCN(C(=O)COC(=O)c1ccc(-n2cccc2)cc1)c1c(N)n(Cc2ccccc2)c(=O)[nH]c1=O. The molecule has 184 valence electrons. The van der Waals surface area contributed by atoms with Crippen LogP contribution >= 0.6 is 0 Å². The number of amides is 1. The fourth-order valence-corrected chi connectivity index (χ4v) is 3.79. The minimum Gasteiger partial charge on any atom is -0.452 e. The highest BCUT2D eigenvalue weighted by atomic mass is 16.5. The lowest BCUT2D eigenvalue weighted by atomic mass is 10.2. The van der Waals surface area contributed by atoms with Crippen LogP contribution in [0, 0.1) is 0 Å². The molecule has 2 heterocycles. The first-order valence-electron chi connectivity index (χ1n) is 11.3. The van der Waals surface area contributed by atoms with Crippen molar-refractivity contribution in [2.45, 2.75) is 13.5 Å². The van der Waals surface area contributed by atoms with Crippen molar-refractivity contribution in [3.8, 4) is 5.69 Å². The van der Waals surface area contributed by atoms with E-state index in [4.69, 9.17) is 10.5 Å². The summed E-state index contributed by atoms with van der Waals surface area (Å²) in [5.74, 6) is -1.50. The molecule has 2 aromatic heterocycles. The number of aromatic amines is 1. The van der Waals surface area contributed by atoms with Gasteiger partial charge in [-0.25, -0.2) is 9.59 Å². The molecule has 0 aliphatic rings. The van der Waals surface area contributed by atoms with Crippen LogP contribution in [-0.4, -0.2) is 39.1 Å². The molecule has 0 bridgehead atoms. The minimum atomic E-state index is -0.802. The Labute approximate surface area is 206 Å². The highest BCUT2D eigenvalue weighted by molar-refractivity contribution is 5.98. The van der Waals surface area contributed by atoms with E-state index in [-0.39, 0.29) is 30.2 Å². The second kappa shape index (κ2) is 10.6. The topological polar surface area (TPSA) is 132 Å². The van der Waals surface area contributed by atoms with Crippen LogP contribution in [0.5, 0.6) is 0 Å². The number of rotatable bonds is 8. The standard InChI is InChI=1S/C26H25N5O5/c1-2-30(22-23(27)31(26(35)28-24(22)33)16-18-8-4-3-5-9-18)21(32)17-36-25(34)19-10-12-20(13-11-19)29-14-6-7-15-29/h3-15H,2,16-17,27H2,1H3,(H,28,33,35). The number of likely N-dealkylation sites (N-methyl/N-ethyl adjacent to an activating group) is 1. The lowest BCUT2D eigenvalue weighted by Crippen LogP contribution is -2.42. The van der Waals surface area contributed by atoms with E-state index in [0.717, 1.165) is 16.2 Å². The van der Waals surface area contributed by atoms with E-state index in [1.165, 1.54) is 4.57 Å². The number of nitrogen functional groups attached to an aromatic ring is 1. The van der Waals surface area contributed by atoms with Gasteiger partial charge in [0.25, 0.3) is 11.5 Å². The molecule has 2 aromatic carbocycles. The van der Waals surface area contributed by atoms with Gasteiger partial charge in [0.05, 0.1) is 12.1 Å². The molecule has 0 saturated heterocycles. The largest absolute Gasteiger partial charge is 0.452 e. The van der Waals surface area contributed by atoms with E-state index in [0.29, 0.717) is 0 Å². The minimum absolute atomic E-state index is 0.0682. The number of carbonyl (C=O) groups excluding carboxylic acids is 2. The summed E-state index contributed by atoms with van der Waals surface area (Å²) in [5, 5.41) is 0. The van der Waals surface area contributed by atoms with Gasteiger partial charge in [0.15, 0.2) is 12.3 Å². The monoisotopic (exact) mass is 487 g/mol. The van der Waals surface area contributed by atoms with Crippen molar-refractivity contribution in [3.63, 3.8) is 0 Å². The maximum absolute atomic E-state index is 12.9. The Morgan fingerprint density at radius 3 is 2.28 bits per heavy atom. The zero-order valence-electron chi connectivity index (χ0n) is 19.6. The smallest absolute Gasteiger partial charge is 0.338 e. The van der Waals surface area contributed by atoms with E-state index in [2.05, 4.69) is 4.98 Å². The first kappa shape index (κ1) is 24.3. The zero-order valence-corrected chi connectivity index (χ0v) is 19.6. The molecule has 10 heteroatoms. The van der Waals surface area contributed by atoms with Crippen molar-refractivity contribution in [1.82, 2.24) is 14.1 Å². The summed E-state index contributed by atoms with van der Waals surface area (Å²) in [4.78, 5) is 53.8. The number of hydrogen-bond acceptors (Lipinski definition) is 6. The predicted molar refractivity (Wildman–Crippen MR) is 135 cm³/mol. The Balaban J connectivity index is 1.50. The molecule has 0 spiro atoms. The Hall–Kier alpha value is -4.86. The molecule has 10 nitrogen and oxygen atoms in total. The van der Waals surface area contributed by atoms with Crippen molar-refractivity contribution in [3.05, 3.63) is 111 Å². The molecule has 3 N–H and O–H groups in total. The lowest BCUT2D eigenvalue weighted by molar-refractivity contribution is -0.121. The second-order valence-corrected chi connectivity index (χ2v) is 7.92. The number of nitrogens with one attached hydrogen (secondary N) is 1. The maximum atomic E-state index is 12.9. The van der Waals surface area contributed by atoms with Gasteiger partial charge in [0.2, 0.25) is 0 Å². The molecule has 36 heavy (non-hydrogen) atoms. The molecular weight excluding hydrogens is 462 g/mol. The summed E-state index contributed by atoms with van der Waals surface area (Å²) in [7, 11) is 0. The number of ether oxygens (including phenoxy) is 1. The normalized spacial score (nSPS) is 10.7. The molecule has 4 rings (SSSR count). The third-order valence-corrected chi connectivity index (χ3v) is 5.62. The number of nitrogens with zero attached hydrogens (tertiary/aromatic N) is 3. The van der Waals surface area contributed by atoms with Crippen LogP contribution in [0.4, 0.5) is 11.5 Å². The van der Waals surface area contributed by atoms with Crippen molar-refractivity contribution in [2.75, 3.05) is 23.8 Å². The van der Waals surface area contributed by atoms with Gasteiger partial charge in [-0.3, -0.25) is 19.1 Å². The Bertz CT molecular complexity index is 1470. The molecule has 1 amide bonds. The molecule has 4 aromatic rings. The van der Waals surface area contributed by atoms with E-state index in [9.17, 15) is 19.2 Å². The third kappa shape index (κ3) is 5.12. The number of anilines is 2. The number of aromatic nitrogens is 3. The first-order chi connectivity index (χ1) is 17.4. The fraction of sp³-hybridized carbons (Fsp3) is 0.154. The van der Waals surface area contributed by atoms with E-state index >= 15 is 0 Å². The Morgan fingerprint density at radius 2 is 1.64 bits per heavy atom. The van der Waals surface area contributed by atoms with Gasteiger partial charge >= 0.3 is 11.7 Å². The van der Waals surface area contributed by atoms with Crippen molar-refractivity contribution in [1.29, 1.82) is 0 Å². The summed E-state index contributed by atoms with van der Waals surface area (Å²) in [6.45, 7) is 1.21. The van der Waals surface area contributed by atoms with Crippen LogP contribution in [0.15, 0.2) is 88.7 Å². The van der Waals surface area contributed by atoms with Crippen molar-refractivity contribution < 1.29 is 14.3 Å². The average molecular weight is 488 g/mol. The van der Waals surface area contributed by atoms with Crippen LogP contribution < -0.4 is 21.9 Å². The predicted octanol–water partition coefficient (Wildman–Crippen LogP) is 2.17. The van der Waals surface area contributed by atoms with Gasteiger partial charge in [-0.15, -0.1) is 0 Å². The molecule has 0 aliphatic heterocycles. The van der Waals surface area contributed by atoms with Crippen molar-refractivity contribution >= 4 is 23.4 Å². The zero-order chi connectivity index (χ0) is 25.7. The second-order valence-electron chi connectivity index (χ2n) is 7.92. The summed E-state index contributed by atoms with van der Waals surface area (Å²) in [6, 6.07) is 19.6. The lowest BCUT2D eigenvalue weighted by Gasteiger charge is -2.23. The number of benzene rings is 2. The number of carbonyl (C=O) groups is 2. The van der Waals surface area contributed by atoms with E-state index in [1.807, 2.05) is 59.4 Å². The van der Waals surface area contributed by atoms with E-state index in [1.54, 1.807) is 31.2 Å². The van der Waals surface area contributed by atoms with E-state index < -0.39 is 29.7 Å². The van der Waals surface area contributed by atoms with Crippen molar-refractivity contribution in [2.24, 2.45) is 0 Å². The third-order valence-electron chi connectivity index (χ3n) is 5.62. The Morgan fingerprint density at radius 1 is 0.972 bits per heavy atom. The average Bonchev–Trinajstić information content (AvgIpc) is 3.43. The highest BCUT2D eigenvalue weighted by Gasteiger charge is 2.24. The fourth-order valence-electron chi connectivity index (χ4n) is 3.79. The summed E-state index contributed by atoms with van der Waals surface area (Å²) in [5.41, 5.74) is 6.45. The van der Waals surface area contributed by atoms with Crippen LogP contribution in [0.25, 0.3) is 5.69 Å². The van der Waals surface area contributed by atoms with Crippen LogP contribution in [0.3, 0.4) is 0 Å². The van der Waals surface area contributed by atoms with Gasteiger partial charge < -0.3 is 19.9 Å². The Kier molecular flexibility index (Phi) is 7.15. The molecule has 0 unspecified atom stereocenters. The summed E-state index contributed by atoms with van der Waals surface area (Å²) >= 11 is 0. The molecule has 0 saturated carbocycles. The number of nitrogens with two attached hydrogens (primary N) is 1. The van der Waals surface area contributed by atoms with Crippen LogP contribution in [0.2, 0.25) is 0 Å². The van der Waals surface area contributed by atoms with Gasteiger partial charge in [0, 0.05) is 24.6 Å². The molecule has 0 atom stereocenters. The highest BCUT2D eigenvalue weighted by Crippen LogP contribution is 2.18. The number of hydrogen-bond donors (Lipinski definition) is 2. The summed E-state index contributed by atoms with van der Waals surface area (Å²) < 4.78 is 8.26. The molecular formula is C26H25N5O5. The van der Waals surface area contributed by atoms with Gasteiger partial charge in [-0.2, -0.15) is 0 Å². The van der Waals surface area contributed by atoms with Gasteiger partial charge in [-0.05, 0) is 48.9 Å². The number of H-pyrrole nitrogens is 1. The molecule has 0 aliphatic carbocycles.